The summed E-state index contributed by atoms with van der Waals surface area (Å²) >= 11 is 0. The molecule has 1 amide bonds. The Morgan fingerprint density at radius 1 is 1.42 bits per heavy atom. The van der Waals surface area contributed by atoms with E-state index in [9.17, 15) is 9.90 Å². The van der Waals surface area contributed by atoms with E-state index in [0.717, 1.165) is 16.6 Å². The van der Waals surface area contributed by atoms with Crippen LogP contribution < -0.4 is 0 Å². The minimum Gasteiger partial charge on any atom is -0.387 e. The highest BCUT2D eigenvalue weighted by molar-refractivity contribution is 5.87. The molecule has 1 aliphatic rings. The summed E-state index contributed by atoms with van der Waals surface area (Å²) in [7, 11) is 0. The van der Waals surface area contributed by atoms with Crippen LogP contribution in [-0.4, -0.2) is 54.2 Å². The van der Waals surface area contributed by atoms with Crippen molar-refractivity contribution in [1.82, 2.24) is 30.1 Å². The molecule has 1 unspecified atom stereocenters. The molecule has 8 nitrogen and oxygen atoms in total. The van der Waals surface area contributed by atoms with Gasteiger partial charge in [-0.25, -0.2) is 4.68 Å². The lowest BCUT2D eigenvalue weighted by molar-refractivity contribution is -0.136. The van der Waals surface area contributed by atoms with E-state index < -0.39 is 6.10 Å². The third kappa shape index (κ3) is 2.54. The van der Waals surface area contributed by atoms with Gasteiger partial charge in [0, 0.05) is 18.5 Å². The summed E-state index contributed by atoms with van der Waals surface area (Å²) in [6, 6.07) is 7.87. The second kappa shape index (κ2) is 5.72. The normalized spacial score (nSPS) is 16.3. The number of amides is 1. The van der Waals surface area contributed by atoms with Crippen LogP contribution in [0.4, 0.5) is 0 Å². The number of rotatable bonds is 4. The first-order valence-corrected chi connectivity index (χ1v) is 7.91. The summed E-state index contributed by atoms with van der Waals surface area (Å²) in [6.07, 6.45) is 1.41. The highest BCUT2D eigenvalue weighted by atomic mass is 16.3. The largest absolute Gasteiger partial charge is 0.387 e. The van der Waals surface area contributed by atoms with Gasteiger partial charge in [0.25, 0.3) is 0 Å². The number of aliphatic hydroxyl groups excluding tert-OH is 1. The first kappa shape index (κ1) is 14.8. The summed E-state index contributed by atoms with van der Waals surface area (Å²) in [5.74, 6) is 0.0662. The molecule has 2 N–H and O–H groups in total. The van der Waals surface area contributed by atoms with Crippen LogP contribution in [0.3, 0.4) is 0 Å². The fraction of sp³-hybridized carbons (Fsp3) is 0.375. The van der Waals surface area contributed by atoms with Crippen LogP contribution in [0.5, 0.6) is 0 Å². The van der Waals surface area contributed by atoms with Gasteiger partial charge in [0.1, 0.15) is 5.69 Å². The predicted molar refractivity (Wildman–Crippen MR) is 86.1 cm³/mol. The Morgan fingerprint density at radius 3 is 2.96 bits per heavy atom. The number of hydrogen-bond donors (Lipinski definition) is 2. The molecule has 3 aromatic rings. The molecule has 1 aromatic carbocycles. The third-order valence-electron chi connectivity index (χ3n) is 4.41. The molecule has 0 saturated carbocycles. The molecule has 0 spiro atoms. The lowest BCUT2D eigenvalue weighted by Crippen LogP contribution is -2.51. The molecule has 1 fully saturated rings. The number of para-hydroxylation sites is 1. The Labute approximate surface area is 138 Å². The SMILES string of the molecule is CC(O)c1cn(C2CN(C(=O)Cc3[nH]nc4ccccc34)C2)nn1. The summed E-state index contributed by atoms with van der Waals surface area (Å²) in [4.78, 5) is 14.2. The van der Waals surface area contributed by atoms with Crippen molar-refractivity contribution >= 4 is 16.8 Å². The van der Waals surface area contributed by atoms with Crippen LogP contribution in [0.2, 0.25) is 0 Å². The van der Waals surface area contributed by atoms with Gasteiger partial charge in [-0.15, -0.1) is 5.10 Å². The number of hydrogen-bond acceptors (Lipinski definition) is 5. The Kier molecular flexibility index (Phi) is 3.53. The standard InChI is InChI=1S/C16H18N6O2/c1-10(23)15-9-22(20-19-15)11-7-21(8-11)16(24)6-14-12-4-2-3-5-13(12)17-18-14/h2-5,9-11,23H,6-8H2,1H3,(H,17,18). The van der Waals surface area contributed by atoms with Gasteiger partial charge in [0.15, 0.2) is 0 Å². The molecule has 24 heavy (non-hydrogen) atoms. The molecule has 8 heteroatoms. The van der Waals surface area contributed by atoms with Crippen molar-refractivity contribution in [3.63, 3.8) is 0 Å². The lowest BCUT2D eigenvalue weighted by Gasteiger charge is -2.38. The molecule has 1 atom stereocenters. The summed E-state index contributed by atoms with van der Waals surface area (Å²) < 4.78 is 1.72. The maximum atomic E-state index is 12.4. The molecule has 3 heterocycles. The van der Waals surface area contributed by atoms with Crippen LogP contribution in [0.15, 0.2) is 30.5 Å². The van der Waals surface area contributed by atoms with Crippen molar-refractivity contribution in [1.29, 1.82) is 0 Å². The predicted octanol–water partition coefficient (Wildman–Crippen LogP) is 0.834. The number of aromatic nitrogens is 5. The van der Waals surface area contributed by atoms with Gasteiger partial charge in [-0.2, -0.15) is 5.10 Å². The minimum atomic E-state index is -0.634. The molecule has 4 rings (SSSR count). The Bertz CT molecular complexity index is 877. The highest BCUT2D eigenvalue weighted by Crippen LogP contribution is 2.23. The zero-order chi connectivity index (χ0) is 16.7. The smallest absolute Gasteiger partial charge is 0.228 e. The Morgan fingerprint density at radius 2 is 2.21 bits per heavy atom. The second-order valence-electron chi connectivity index (χ2n) is 6.15. The quantitative estimate of drug-likeness (QED) is 0.740. The number of H-pyrrole nitrogens is 1. The van der Waals surface area contributed by atoms with Crippen LogP contribution in [0.25, 0.3) is 10.9 Å². The number of fused-ring (bicyclic) bond motifs is 1. The monoisotopic (exact) mass is 326 g/mol. The fourth-order valence-corrected chi connectivity index (χ4v) is 2.90. The van der Waals surface area contributed by atoms with Gasteiger partial charge in [0.05, 0.1) is 36.0 Å². The second-order valence-corrected chi connectivity index (χ2v) is 6.15. The number of benzene rings is 1. The molecule has 0 aliphatic carbocycles. The van der Waals surface area contributed by atoms with Crippen LogP contribution in [0, 0.1) is 0 Å². The number of likely N-dealkylation sites (tertiary alicyclic amines) is 1. The molecular weight excluding hydrogens is 308 g/mol. The number of nitrogens with one attached hydrogen (secondary N) is 1. The van der Waals surface area contributed by atoms with Crippen molar-refractivity contribution in [2.45, 2.75) is 25.5 Å². The summed E-state index contributed by atoms with van der Waals surface area (Å²) in [5, 5.41) is 25.6. The van der Waals surface area contributed by atoms with Gasteiger partial charge in [-0.3, -0.25) is 9.89 Å². The third-order valence-corrected chi connectivity index (χ3v) is 4.41. The van der Waals surface area contributed by atoms with E-state index in [1.54, 1.807) is 22.7 Å². The lowest BCUT2D eigenvalue weighted by atomic mass is 10.1. The van der Waals surface area contributed by atoms with E-state index in [1.807, 2.05) is 24.3 Å². The molecule has 0 radical (unpaired) electrons. The van der Waals surface area contributed by atoms with Gasteiger partial charge >= 0.3 is 0 Å². The van der Waals surface area contributed by atoms with E-state index in [2.05, 4.69) is 20.5 Å². The molecule has 2 aromatic heterocycles. The van der Waals surface area contributed by atoms with E-state index >= 15 is 0 Å². The van der Waals surface area contributed by atoms with Gasteiger partial charge in [0.2, 0.25) is 5.91 Å². The first-order valence-electron chi connectivity index (χ1n) is 7.91. The number of nitrogens with zero attached hydrogens (tertiary/aromatic N) is 5. The van der Waals surface area contributed by atoms with E-state index in [0.29, 0.717) is 25.2 Å². The maximum Gasteiger partial charge on any atom is 0.228 e. The molecular formula is C16H18N6O2. The van der Waals surface area contributed by atoms with Crippen LogP contribution in [0.1, 0.15) is 30.5 Å². The Balaban J connectivity index is 1.39. The molecule has 124 valence electrons. The van der Waals surface area contributed by atoms with Crippen LogP contribution >= 0.6 is 0 Å². The first-order chi connectivity index (χ1) is 11.6. The molecule has 0 bridgehead atoms. The van der Waals surface area contributed by atoms with E-state index in [-0.39, 0.29) is 11.9 Å². The van der Waals surface area contributed by atoms with Crippen molar-refractivity contribution in [2.75, 3.05) is 13.1 Å². The number of aromatic amines is 1. The van der Waals surface area contributed by atoms with E-state index in [1.165, 1.54) is 0 Å². The number of carbonyl (C=O) groups excluding carboxylic acids is 1. The minimum absolute atomic E-state index is 0.0662. The number of carbonyl (C=O) groups is 1. The van der Waals surface area contributed by atoms with Gasteiger partial charge in [-0.05, 0) is 13.0 Å². The van der Waals surface area contributed by atoms with Crippen molar-refractivity contribution in [3.8, 4) is 0 Å². The zero-order valence-electron chi connectivity index (χ0n) is 13.3. The number of aliphatic hydroxyl groups is 1. The Hall–Kier alpha value is -2.74. The van der Waals surface area contributed by atoms with Crippen molar-refractivity contribution < 1.29 is 9.90 Å². The van der Waals surface area contributed by atoms with Gasteiger partial charge < -0.3 is 10.0 Å². The summed E-state index contributed by atoms with van der Waals surface area (Å²) in [6.45, 7) is 2.86. The molecule has 1 aliphatic heterocycles. The molecule has 1 saturated heterocycles. The summed E-state index contributed by atoms with van der Waals surface area (Å²) in [5.41, 5.74) is 2.26. The fourth-order valence-electron chi connectivity index (χ4n) is 2.90. The highest BCUT2D eigenvalue weighted by Gasteiger charge is 2.33. The average molecular weight is 326 g/mol. The average Bonchev–Trinajstić information content (AvgIpc) is 3.14. The van der Waals surface area contributed by atoms with E-state index in [4.69, 9.17) is 0 Å². The van der Waals surface area contributed by atoms with Gasteiger partial charge in [-0.1, -0.05) is 23.4 Å². The van der Waals surface area contributed by atoms with Crippen molar-refractivity contribution in [3.05, 3.63) is 41.9 Å². The topological polar surface area (TPSA) is 99.9 Å². The zero-order valence-corrected chi connectivity index (χ0v) is 13.3. The van der Waals surface area contributed by atoms with Crippen molar-refractivity contribution in [2.24, 2.45) is 0 Å². The van der Waals surface area contributed by atoms with Crippen LogP contribution in [-0.2, 0) is 11.2 Å². The maximum absolute atomic E-state index is 12.4.